The maximum absolute atomic E-state index is 12.9. The molecule has 0 spiro atoms. The molecule has 0 aliphatic carbocycles. The number of urea groups is 1. The fourth-order valence-corrected chi connectivity index (χ4v) is 3.65. The maximum Gasteiger partial charge on any atom is 0.416 e. The number of benzene rings is 2. The summed E-state index contributed by atoms with van der Waals surface area (Å²) in [4.78, 5) is 18.7. The van der Waals surface area contributed by atoms with Crippen molar-refractivity contribution in [1.29, 1.82) is 0 Å². The molecule has 1 aliphatic heterocycles. The highest BCUT2D eigenvalue weighted by Gasteiger charge is 2.32. The predicted molar refractivity (Wildman–Crippen MR) is 102 cm³/mol. The van der Waals surface area contributed by atoms with Gasteiger partial charge in [-0.25, -0.2) is 9.79 Å². The van der Waals surface area contributed by atoms with Crippen molar-refractivity contribution < 1.29 is 18.0 Å². The minimum Gasteiger partial charge on any atom is -0.307 e. The van der Waals surface area contributed by atoms with E-state index in [1.807, 2.05) is 38.1 Å². The van der Waals surface area contributed by atoms with E-state index in [0.29, 0.717) is 11.7 Å². The lowest BCUT2D eigenvalue weighted by Gasteiger charge is -2.18. The van der Waals surface area contributed by atoms with Crippen LogP contribution in [0.15, 0.2) is 53.5 Å². The Labute approximate surface area is 159 Å². The number of para-hydroxylation sites is 1. The molecule has 0 aromatic heterocycles. The summed E-state index contributed by atoms with van der Waals surface area (Å²) in [6.45, 7) is 4.32. The number of carbonyl (C=O) groups is 1. The normalized spacial score (nSPS) is 18.8. The van der Waals surface area contributed by atoms with Crippen LogP contribution in [0.25, 0.3) is 0 Å². The van der Waals surface area contributed by atoms with Crippen LogP contribution in [0.4, 0.5) is 29.3 Å². The van der Waals surface area contributed by atoms with Crippen LogP contribution in [0.5, 0.6) is 0 Å². The molecule has 0 radical (unpaired) electrons. The maximum atomic E-state index is 12.9. The number of halogens is 3. The smallest absolute Gasteiger partial charge is 0.307 e. The average molecular weight is 393 g/mol. The number of rotatable bonds is 2. The minimum absolute atomic E-state index is 0.0922. The van der Waals surface area contributed by atoms with E-state index in [1.165, 1.54) is 28.8 Å². The van der Waals surface area contributed by atoms with Crippen LogP contribution < -0.4 is 5.32 Å². The molecule has 4 nitrogen and oxygen atoms in total. The molecule has 2 amide bonds. The zero-order chi connectivity index (χ0) is 19.6. The van der Waals surface area contributed by atoms with Gasteiger partial charge in [0.1, 0.15) is 0 Å². The van der Waals surface area contributed by atoms with Crippen molar-refractivity contribution in [3.8, 4) is 0 Å². The summed E-state index contributed by atoms with van der Waals surface area (Å²) in [6, 6.07) is 11.6. The van der Waals surface area contributed by atoms with Crippen molar-refractivity contribution in [2.45, 2.75) is 25.3 Å². The lowest BCUT2D eigenvalue weighted by Crippen LogP contribution is -2.36. The molecule has 27 heavy (non-hydrogen) atoms. The van der Waals surface area contributed by atoms with Gasteiger partial charge in [-0.2, -0.15) is 13.2 Å². The first-order valence-corrected chi connectivity index (χ1v) is 9.19. The Morgan fingerprint density at radius 2 is 1.96 bits per heavy atom. The molecular weight excluding hydrogens is 375 g/mol. The molecule has 1 fully saturated rings. The number of thioether (sulfide) groups is 1. The number of nitrogens with one attached hydrogen (secondary N) is 1. The van der Waals surface area contributed by atoms with Crippen LogP contribution in [-0.2, 0) is 6.18 Å². The summed E-state index contributed by atoms with van der Waals surface area (Å²) in [6.07, 6.45) is -4.46. The van der Waals surface area contributed by atoms with Crippen molar-refractivity contribution in [3.63, 3.8) is 0 Å². The van der Waals surface area contributed by atoms with Crippen molar-refractivity contribution in [2.24, 2.45) is 4.99 Å². The topological polar surface area (TPSA) is 44.7 Å². The quantitative estimate of drug-likeness (QED) is 0.714. The molecule has 1 saturated heterocycles. The fraction of sp³-hybridized carbons (Fsp3) is 0.263. The Bertz CT molecular complexity index is 882. The molecule has 1 aliphatic rings. The molecule has 1 heterocycles. The van der Waals surface area contributed by atoms with E-state index in [1.54, 1.807) is 0 Å². The highest BCUT2D eigenvalue weighted by Crippen LogP contribution is 2.32. The second kappa shape index (κ2) is 7.64. The third-order valence-electron chi connectivity index (χ3n) is 4.00. The van der Waals surface area contributed by atoms with Gasteiger partial charge in [-0.1, -0.05) is 43.0 Å². The first-order valence-electron chi connectivity index (χ1n) is 8.31. The van der Waals surface area contributed by atoms with Crippen molar-refractivity contribution in [3.05, 3.63) is 59.7 Å². The van der Waals surface area contributed by atoms with Crippen LogP contribution in [0.2, 0.25) is 0 Å². The number of hydrogen-bond acceptors (Lipinski definition) is 3. The number of amidine groups is 1. The van der Waals surface area contributed by atoms with Crippen molar-refractivity contribution in [2.75, 3.05) is 11.9 Å². The largest absolute Gasteiger partial charge is 0.416 e. The standard InChI is InChI=1S/C19H18F3N3OS/c1-12-6-3-4-9-16(12)24-18-25(11-13(2)27-18)17(26)23-15-8-5-7-14(10-15)19(20,21)22/h3-10,13H,11H2,1-2H3,(H,23,26)/t13-/m1/s1. The predicted octanol–water partition coefficient (Wildman–Crippen LogP) is 5.67. The van der Waals surface area contributed by atoms with Gasteiger partial charge in [0.2, 0.25) is 0 Å². The highest BCUT2D eigenvalue weighted by molar-refractivity contribution is 8.14. The summed E-state index contributed by atoms with van der Waals surface area (Å²) in [5, 5.41) is 3.21. The summed E-state index contributed by atoms with van der Waals surface area (Å²) < 4.78 is 38.6. The van der Waals surface area contributed by atoms with Gasteiger partial charge >= 0.3 is 12.2 Å². The Morgan fingerprint density at radius 1 is 1.22 bits per heavy atom. The lowest BCUT2D eigenvalue weighted by atomic mass is 10.2. The van der Waals surface area contributed by atoms with Crippen LogP contribution in [-0.4, -0.2) is 27.9 Å². The monoisotopic (exact) mass is 393 g/mol. The van der Waals surface area contributed by atoms with Crippen LogP contribution in [0.3, 0.4) is 0 Å². The fourth-order valence-electron chi connectivity index (χ4n) is 2.63. The van der Waals surface area contributed by atoms with E-state index >= 15 is 0 Å². The zero-order valence-corrected chi connectivity index (χ0v) is 15.6. The van der Waals surface area contributed by atoms with Gasteiger partial charge in [-0.05, 0) is 36.8 Å². The van der Waals surface area contributed by atoms with Crippen LogP contribution >= 0.6 is 11.8 Å². The second-order valence-corrected chi connectivity index (χ2v) is 7.63. The number of carbonyl (C=O) groups excluding carboxylic acids is 1. The summed E-state index contributed by atoms with van der Waals surface area (Å²) in [5.74, 6) is 0. The van der Waals surface area contributed by atoms with Crippen molar-refractivity contribution in [1.82, 2.24) is 4.90 Å². The number of alkyl halides is 3. The van der Waals surface area contributed by atoms with Gasteiger partial charge in [-0.15, -0.1) is 0 Å². The van der Waals surface area contributed by atoms with Gasteiger partial charge in [0.05, 0.1) is 11.3 Å². The third-order valence-corrected chi connectivity index (χ3v) is 5.07. The van der Waals surface area contributed by atoms with E-state index in [4.69, 9.17) is 0 Å². The molecule has 0 saturated carbocycles. The van der Waals surface area contributed by atoms with Crippen molar-refractivity contribution >= 4 is 34.3 Å². The molecular formula is C19H18F3N3OS. The molecule has 0 unspecified atom stereocenters. The highest BCUT2D eigenvalue weighted by atomic mass is 32.2. The molecule has 1 N–H and O–H groups in total. The molecule has 2 aromatic carbocycles. The number of nitrogens with zero attached hydrogens (tertiary/aromatic N) is 2. The average Bonchev–Trinajstić information content (AvgIpc) is 2.97. The van der Waals surface area contributed by atoms with E-state index in [0.717, 1.165) is 23.4 Å². The number of aryl methyl sites for hydroxylation is 1. The Hall–Kier alpha value is -2.48. The van der Waals surface area contributed by atoms with Gasteiger partial charge in [-0.3, -0.25) is 4.90 Å². The third kappa shape index (κ3) is 4.63. The Kier molecular flexibility index (Phi) is 5.46. The minimum atomic E-state index is -4.46. The zero-order valence-electron chi connectivity index (χ0n) is 14.7. The number of aliphatic imine (C=N–C) groups is 1. The van der Waals surface area contributed by atoms with Crippen LogP contribution in [0.1, 0.15) is 18.1 Å². The summed E-state index contributed by atoms with van der Waals surface area (Å²) >= 11 is 1.46. The SMILES string of the molecule is Cc1ccccc1N=C1S[C@H](C)CN1C(=O)Nc1cccc(C(F)(F)F)c1. The van der Waals surface area contributed by atoms with Gasteiger partial charge in [0.15, 0.2) is 5.17 Å². The first-order chi connectivity index (χ1) is 12.7. The van der Waals surface area contributed by atoms with E-state index < -0.39 is 17.8 Å². The Morgan fingerprint density at radius 3 is 2.67 bits per heavy atom. The van der Waals surface area contributed by atoms with Crippen LogP contribution in [0, 0.1) is 6.92 Å². The molecule has 142 valence electrons. The van der Waals surface area contributed by atoms with E-state index in [2.05, 4.69) is 10.3 Å². The Balaban J connectivity index is 1.82. The molecule has 1 atom stereocenters. The summed E-state index contributed by atoms with van der Waals surface area (Å²) in [5.41, 5.74) is 1.02. The molecule has 2 aromatic rings. The lowest BCUT2D eigenvalue weighted by molar-refractivity contribution is -0.137. The van der Waals surface area contributed by atoms with E-state index in [9.17, 15) is 18.0 Å². The number of anilines is 1. The van der Waals surface area contributed by atoms with Gasteiger partial charge in [0.25, 0.3) is 0 Å². The molecule has 3 rings (SSSR count). The van der Waals surface area contributed by atoms with Gasteiger partial charge < -0.3 is 5.32 Å². The summed E-state index contributed by atoms with van der Waals surface area (Å²) in [7, 11) is 0. The molecule has 8 heteroatoms. The van der Waals surface area contributed by atoms with E-state index in [-0.39, 0.29) is 10.9 Å². The molecule has 0 bridgehead atoms. The van der Waals surface area contributed by atoms with Gasteiger partial charge in [0, 0.05) is 17.5 Å². The second-order valence-electron chi connectivity index (χ2n) is 6.23. The number of amides is 2. The number of hydrogen-bond donors (Lipinski definition) is 1. The first kappa shape index (κ1) is 19.3.